The number of thioether (sulfide) groups is 1. The second-order valence-corrected chi connectivity index (χ2v) is 8.38. The van der Waals surface area contributed by atoms with Crippen molar-refractivity contribution in [2.24, 2.45) is 0 Å². The predicted molar refractivity (Wildman–Crippen MR) is 104 cm³/mol. The topological polar surface area (TPSA) is 32.8 Å². The zero-order valence-electron chi connectivity index (χ0n) is 15.0. The number of alkyl halides is 3. The molecule has 0 bridgehead atoms. The molecule has 1 aromatic carbocycles. The lowest BCUT2D eigenvalue weighted by molar-refractivity contribution is -0.174. The summed E-state index contributed by atoms with van der Waals surface area (Å²) in [6, 6.07) is 8.02. The van der Waals surface area contributed by atoms with Crippen LogP contribution in [0.15, 0.2) is 33.6 Å². The molecule has 0 atom stereocenters. The van der Waals surface area contributed by atoms with Crippen LogP contribution in [-0.4, -0.2) is 73.6 Å². The Kier molecular flexibility index (Phi) is 9.41. The van der Waals surface area contributed by atoms with Crippen molar-refractivity contribution in [1.82, 2.24) is 9.80 Å². The van der Waals surface area contributed by atoms with Gasteiger partial charge in [-0.05, 0) is 30.7 Å². The number of benzene rings is 1. The summed E-state index contributed by atoms with van der Waals surface area (Å²) in [5, 5.41) is 0. The second kappa shape index (κ2) is 11.3. The Morgan fingerprint density at radius 3 is 2.44 bits per heavy atom. The van der Waals surface area contributed by atoms with E-state index in [2.05, 4.69) is 25.6 Å². The Morgan fingerprint density at radius 1 is 1.15 bits per heavy atom. The number of hydrogen-bond acceptors (Lipinski definition) is 4. The first-order chi connectivity index (χ1) is 12.8. The minimum absolute atomic E-state index is 0.103. The van der Waals surface area contributed by atoms with E-state index in [-0.39, 0.29) is 12.5 Å². The average Bonchev–Trinajstić information content (AvgIpc) is 2.62. The van der Waals surface area contributed by atoms with E-state index < -0.39 is 12.8 Å². The third-order valence-electron chi connectivity index (χ3n) is 4.15. The number of nitrogens with zero attached hydrogens (tertiary/aromatic N) is 2. The van der Waals surface area contributed by atoms with E-state index in [1.54, 1.807) is 11.8 Å². The van der Waals surface area contributed by atoms with Gasteiger partial charge in [-0.1, -0.05) is 15.9 Å². The number of rotatable bonds is 9. The van der Waals surface area contributed by atoms with Gasteiger partial charge in [0.25, 0.3) is 0 Å². The quantitative estimate of drug-likeness (QED) is 0.404. The number of piperazine rings is 1. The molecule has 1 fully saturated rings. The molecule has 0 unspecified atom stereocenters. The van der Waals surface area contributed by atoms with E-state index >= 15 is 0 Å². The van der Waals surface area contributed by atoms with Gasteiger partial charge in [0.05, 0.1) is 0 Å². The number of halogens is 4. The summed E-state index contributed by atoms with van der Waals surface area (Å²) in [4.78, 5) is 17.5. The van der Waals surface area contributed by atoms with E-state index in [1.165, 1.54) is 0 Å². The first kappa shape index (κ1) is 22.5. The molecule has 4 nitrogen and oxygen atoms in total. The van der Waals surface area contributed by atoms with Gasteiger partial charge in [0, 0.05) is 60.9 Å². The highest BCUT2D eigenvalue weighted by molar-refractivity contribution is 9.10. The van der Waals surface area contributed by atoms with Crippen LogP contribution < -0.4 is 0 Å². The summed E-state index contributed by atoms with van der Waals surface area (Å²) in [5.41, 5.74) is 0. The van der Waals surface area contributed by atoms with Crippen LogP contribution in [0.1, 0.15) is 12.8 Å². The SMILES string of the molecule is O=C(CCSc1ccc(Br)cc1)N1CCN(CCCOCC(F)(F)F)CC1. The minimum Gasteiger partial charge on any atom is -0.372 e. The lowest BCUT2D eigenvalue weighted by Gasteiger charge is -2.34. The summed E-state index contributed by atoms with van der Waals surface area (Å²) < 4.78 is 41.6. The molecule has 0 N–H and O–H groups in total. The number of hydrogen-bond donors (Lipinski definition) is 0. The molecule has 27 heavy (non-hydrogen) atoms. The van der Waals surface area contributed by atoms with Gasteiger partial charge in [-0.3, -0.25) is 9.69 Å². The summed E-state index contributed by atoms with van der Waals surface area (Å²) in [6.45, 7) is 2.46. The Labute approximate surface area is 170 Å². The number of ether oxygens (including phenoxy) is 1. The van der Waals surface area contributed by atoms with E-state index in [0.29, 0.717) is 32.5 Å². The largest absolute Gasteiger partial charge is 0.411 e. The standard InChI is InChI=1S/C18H24BrF3N2O2S/c19-15-2-4-16(5-3-15)27-13-6-17(25)24-10-8-23(9-11-24)7-1-12-26-14-18(20,21)22/h2-5H,1,6-14H2. The molecule has 9 heteroatoms. The van der Waals surface area contributed by atoms with E-state index in [0.717, 1.165) is 28.2 Å². The molecule has 0 spiro atoms. The van der Waals surface area contributed by atoms with Crippen LogP contribution in [-0.2, 0) is 9.53 Å². The maximum atomic E-state index is 12.3. The fourth-order valence-electron chi connectivity index (χ4n) is 2.74. The minimum atomic E-state index is -4.26. The molecule has 1 saturated heterocycles. The zero-order valence-corrected chi connectivity index (χ0v) is 17.4. The molecule has 0 aromatic heterocycles. The van der Waals surface area contributed by atoms with Crippen molar-refractivity contribution in [2.45, 2.75) is 23.9 Å². The third-order valence-corrected chi connectivity index (χ3v) is 5.69. The number of amides is 1. The summed E-state index contributed by atoms with van der Waals surface area (Å²) in [5.74, 6) is 0.907. The Morgan fingerprint density at radius 2 is 1.81 bits per heavy atom. The van der Waals surface area contributed by atoms with Crippen LogP contribution in [0.4, 0.5) is 13.2 Å². The van der Waals surface area contributed by atoms with Crippen LogP contribution in [0.2, 0.25) is 0 Å². The normalized spacial score (nSPS) is 15.9. The molecule has 1 amide bonds. The molecular weight excluding hydrogens is 445 g/mol. The molecule has 1 aliphatic rings. The van der Waals surface area contributed by atoms with E-state index in [1.807, 2.05) is 29.2 Å². The highest BCUT2D eigenvalue weighted by Gasteiger charge is 2.27. The maximum absolute atomic E-state index is 12.3. The predicted octanol–water partition coefficient (Wildman–Crippen LogP) is 4.04. The van der Waals surface area contributed by atoms with Crippen molar-refractivity contribution >= 4 is 33.6 Å². The third kappa shape index (κ3) is 9.32. The number of carbonyl (C=O) groups excluding carboxylic acids is 1. The molecule has 0 aliphatic carbocycles. The van der Waals surface area contributed by atoms with Gasteiger partial charge in [-0.15, -0.1) is 11.8 Å². The van der Waals surface area contributed by atoms with Crippen molar-refractivity contribution in [3.05, 3.63) is 28.7 Å². The van der Waals surface area contributed by atoms with Gasteiger partial charge < -0.3 is 9.64 Å². The van der Waals surface area contributed by atoms with Gasteiger partial charge in [-0.25, -0.2) is 0 Å². The summed E-state index contributed by atoms with van der Waals surface area (Å²) in [6.07, 6.45) is -3.19. The highest BCUT2D eigenvalue weighted by Crippen LogP contribution is 2.21. The van der Waals surface area contributed by atoms with E-state index in [9.17, 15) is 18.0 Å². The highest BCUT2D eigenvalue weighted by atomic mass is 79.9. The molecule has 152 valence electrons. The van der Waals surface area contributed by atoms with Gasteiger partial charge in [0.15, 0.2) is 0 Å². The lowest BCUT2D eigenvalue weighted by Crippen LogP contribution is -2.49. The van der Waals surface area contributed by atoms with Crippen LogP contribution in [0, 0.1) is 0 Å². The van der Waals surface area contributed by atoms with Gasteiger partial charge in [0.2, 0.25) is 5.91 Å². The Hall–Kier alpha value is -0.770. The van der Waals surface area contributed by atoms with Crippen molar-refractivity contribution in [3.63, 3.8) is 0 Å². The zero-order chi connectivity index (χ0) is 19.7. The molecule has 1 aromatic rings. The molecule has 1 aliphatic heterocycles. The molecule has 1 heterocycles. The summed E-state index contributed by atoms with van der Waals surface area (Å²) in [7, 11) is 0. The number of carbonyl (C=O) groups is 1. The van der Waals surface area contributed by atoms with Gasteiger partial charge in [0.1, 0.15) is 6.61 Å². The van der Waals surface area contributed by atoms with Crippen LogP contribution in [0.5, 0.6) is 0 Å². The first-order valence-corrected chi connectivity index (χ1v) is 10.6. The van der Waals surface area contributed by atoms with Crippen LogP contribution >= 0.6 is 27.7 Å². The maximum Gasteiger partial charge on any atom is 0.411 e. The monoisotopic (exact) mass is 468 g/mol. The Bertz CT molecular complexity index is 579. The molecule has 0 radical (unpaired) electrons. The van der Waals surface area contributed by atoms with E-state index in [4.69, 9.17) is 0 Å². The Balaban J connectivity index is 1.55. The van der Waals surface area contributed by atoms with Crippen LogP contribution in [0.25, 0.3) is 0 Å². The van der Waals surface area contributed by atoms with Crippen molar-refractivity contribution < 1.29 is 22.7 Å². The smallest absolute Gasteiger partial charge is 0.372 e. The van der Waals surface area contributed by atoms with Gasteiger partial charge >= 0.3 is 6.18 Å². The lowest BCUT2D eigenvalue weighted by atomic mass is 10.2. The van der Waals surface area contributed by atoms with Gasteiger partial charge in [-0.2, -0.15) is 13.2 Å². The molecule has 2 rings (SSSR count). The molecule has 0 saturated carbocycles. The fraction of sp³-hybridized carbons (Fsp3) is 0.611. The van der Waals surface area contributed by atoms with Crippen molar-refractivity contribution in [1.29, 1.82) is 0 Å². The fourth-order valence-corrected chi connectivity index (χ4v) is 3.85. The van der Waals surface area contributed by atoms with Crippen LogP contribution in [0.3, 0.4) is 0 Å². The summed E-state index contributed by atoms with van der Waals surface area (Å²) >= 11 is 5.07. The molecular formula is C18H24BrF3N2O2S. The second-order valence-electron chi connectivity index (χ2n) is 6.30. The van der Waals surface area contributed by atoms with Crippen molar-refractivity contribution in [2.75, 3.05) is 51.7 Å². The first-order valence-electron chi connectivity index (χ1n) is 8.86. The average molecular weight is 469 g/mol. The van der Waals surface area contributed by atoms with Crippen molar-refractivity contribution in [3.8, 4) is 0 Å².